The minimum Gasteiger partial charge on any atom is -0.339 e. The lowest BCUT2D eigenvalue weighted by molar-refractivity contribution is -0.137. The van der Waals surface area contributed by atoms with Gasteiger partial charge in [-0.25, -0.2) is 0 Å². The Kier molecular flexibility index (Phi) is 6.42. The zero-order valence-corrected chi connectivity index (χ0v) is 15.9. The third-order valence-electron chi connectivity index (χ3n) is 5.14. The Bertz CT molecular complexity index is 714. The number of benzene rings is 1. The number of nitrogens with zero attached hydrogens (tertiary/aromatic N) is 1. The standard InChI is InChI=1S/C18H22F3N3O2.ClH/c1-10(25)22-15-6-11(5-12(7-15)18(19,20)21)17(26)24(2)16-8-13-3-4-14(9-16)23-13;/h5-7,13-14,16,23H,3-4,8-9H2,1-2H3,(H,22,25);1H. The van der Waals surface area contributed by atoms with Crippen LogP contribution in [0.4, 0.5) is 18.9 Å². The van der Waals surface area contributed by atoms with Crippen LogP contribution in [-0.2, 0) is 11.0 Å². The molecule has 2 atom stereocenters. The number of hydrogen-bond donors (Lipinski definition) is 2. The van der Waals surface area contributed by atoms with E-state index in [9.17, 15) is 22.8 Å². The van der Waals surface area contributed by atoms with Gasteiger partial charge in [-0.15, -0.1) is 12.4 Å². The molecule has 3 rings (SSSR count). The number of nitrogens with one attached hydrogen (secondary N) is 2. The first-order valence-corrected chi connectivity index (χ1v) is 8.66. The molecule has 2 saturated heterocycles. The van der Waals surface area contributed by atoms with Crippen LogP contribution in [0.15, 0.2) is 18.2 Å². The van der Waals surface area contributed by atoms with E-state index in [1.165, 1.54) is 13.0 Å². The quantitative estimate of drug-likeness (QED) is 0.809. The van der Waals surface area contributed by atoms with Crippen LogP contribution in [0, 0.1) is 0 Å². The van der Waals surface area contributed by atoms with Gasteiger partial charge in [0.05, 0.1) is 5.56 Å². The second-order valence-electron chi connectivity index (χ2n) is 7.16. The highest BCUT2D eigenvalue weighted by Gasteiger charge is 2.37. The van der Waals surface area contributed by atoms with Gasteiger partial charge in [-0.1, -0.05) is 0 Å². The molecule has 0 spiro atoms. The lowest BCUT2D eigenvalue weighted by atomic mass is 9.97. The molecule has 0 aliphatic carbocycles. The van der Waals surface area contributed by atoms with Crippen LogP contribution in [0.5, 0.6) is 0 Å². The van der Waals surface area contributed by atoms with Crippen LogP contribution in [0.2, 0.25) is 0 Å². The number of alkyl halides is 3. The van der Waals surface area contributed by atoms with E-state index < -0.39 is 23.6 Å². The van der Waals surface area contributed by atoms with Crippen LogP contribution in [0.1, 0.15) is 48.5 Å². The molecule has 0 saturated carbocycles. The summed E-state index contributed by atoms with van der Waals surface area (Å²) in [4.78, 5) is 25.6. The molecule has 5 nitrogen and oxygen atoms in total. The van der Waals surface area contributed by atoms with Gasteiger partial charge in [0, 0.05) is 43.3 Å². The first-order chi connectivity index (χ1) is 12.1. The number of piperidine rings is 1. The molecule has 2 bridgehead atoms. The van der Waals surface area contributed by atoms with Crippen molar-refractivity contribution in [3.05, 3.63) is 29.3 Å². The summed E-state index contributed by atoms with van der Waals surface area (Å²) in [7, 11) is 1.64. The molecule has 2 N–H and O–H groups in total. The highest BCUT2D eigenvalue weighted by molar-refractivity contribution is 5.97. The Morgan fingerprint density at radius 1 is 1.15 bits per heavy atom. The lowest BCUT2D eigenvalue weighted by Crippen LogP contribution is -2.48. The zero-order chi connectivity index (χ0) is 19.1. The van der Waals surface area contributed by atoms with Gasteiger partial charge in [-0.3, -0.25) is 9.59 Å². The molecular weight excluding hydrogens is 383 g/mol. The van der Waals surface area contributed by atoms with E-state index in [1.54, 1.807) is 11.9 Å². The summed E-state index contributed by atoms with van der Waals surface area (Å²) < 4.78 is 39.5. The first kappa shape index (κ1) is 21.5. The van der Waals surface area contributed by atoms with Crippen LogP contribution in [-0.4, -0.2) is 41.9 Å². The molecule has 9 heteroatoms. The summed E-state index contributed by atoms with van der Waals surface area (Å²) in [5.74, 6) is -0.958. The fraction of sp³-hybridized carbons (Fsp3) is 0.556. The van der Waals surface area contributed by atoms with Gasteiger partial charge in [-0.05, 0) is 43.9 Å². The summed E-state index contributed by atoms with van der Waals surface area (Å²) in [5, 5.41) is 5.81. The lowest BCUT2D eigenvalue weighted by Gasteiger charge is -2.35. The number of amides is 2. The number of fused-ring (bicyclic) bond motifs is 2. The molecule has 1 aromatic rings. The van der Waals surface area contributed by atoms with E-state index in [2.05, 4.69) is 10.6 Å². The van der Waals surface area contributed by atoms with Crippen molar-refractivity contribution in [3.8, 4) is 0 Å². The van der Waals surface area contributed by atoms with E-state index in [-0.39, 0.29) is 29.7 Å². The zero-order valence-electron chi connectivity index (χ0n) is 15.1. The molecule has 2 amide bonds. The average molecular weight is 406 g/mol. The minimum absolute atomic E-state index is 0. The number of carbonyl (C=O) groups excluding carboxylic acids is 2. The topological polar surface area (TPSA) is 61.4 Å². The van der Waals surface area contributed by atoms with Crippen LogP contribution < -0.4 is 10.6 Å². The van der Waals surface area contributed by atoms with Crippen molar-refractivity contribution >= 4 is 29.9 Å². The molecule has 27 heavy (non-hydrogen) atoms. The van der Waals surface area contributed by atoms with E-state index in [1.807, 2.05) is 0 Å². The fourth-order valence-electron chi connectivity index (χ4n) is 3.90. The predicted molar refractivity (Wildman–Crippen MR) is 98.1 cm³/mol. The number of anilines is 1. The molecule has 2 aliphatic rings. The molecule has 2 aliphatic heterocycles. The van der Waals surface area contributed by atoms with Crippen LogP contribution in [0.25, 0.3) is 0 Å². The van der Waals surface area contributed by atoms with Gasteiger partial charge < -0.3 is 15.5 Å². The predicted octanol–water partition coefficient (Wildman–Crippen LogP) is 3.44. The Hall–Kier alpha value is -1.80. The monoisotopic (exact) mass is 405 g/mol. The second kappa shape index (κ2) is 8.06. The summed E-state index contributed by atoms with van der Waals surface area (Å²) in [6.45, 7) is 1.21. The van der Waals surface area contributed by atoms with Crippen molar-refractivity contribution in [1.82, 2.24) is 10.2 Å². The van der Waals surface area contributed by atoms with Crippen LogP contribution >= 0.6 is 12.4 Å². The Balaban J connectivity index is 0.00000261. The minimum atomic E-state index is -4.60. The molecule has 1 aromatic carbocycles. The molecule has 0 aromatic heterocycles. The second-order valence-corrected chi connectivity index (χ2v) is 7.16. The van der Waals surface area contributed by atoms with Crippen molar-refractivity contribution in [2.75, 3.05) is 12.4 Å². The van der Waals surface area contributed by atoms with Gasteiger partial charge in [0.15, 0.2) is 0 Å². The number of rotatable bonds is 3. The molecular formula is C18H23ClF3N3O2. The summed E-state index contributed by atoms with van der Waals surface area (Å²) in [6, 6.07) is 3.71. The van der Waals surface area contributed by atoms with E-state index in [4.69, 9.17) is 0 Å². The van der Waals surface area contributed by atoms with Crippen LogP contribution in [0.3, 0.4) is 0 Å². The third kappa shape index (κ3) is 4.93. The van der Waals surface area contributed by atoms with Gasteiger partial charge >= 0.3 is 6.18 Å². The van der Waals surface area contributed by atoms with Gasteiger partial charge in [-0.2, -0.15) is 13.2 Å². The summed E-state index contributed by atoms with van der Waals surface area (Å²) in [5.41, 5.74) is -1.06. The molecule has 0 radical (unpaired) electrons. The van der Waals surface area contributed by atoms with Gasteiger partial charge in [0.25, 0.3) is 5.91 Å². The molecule has 2 fully saturated rings. The molecule has 2 heterocycles. The van der Waals surface area contributed by atoms with Crippen molar-refractivity contribution in [1.29, 1.82) is 0 Å². The third-order valence-corrected chi connectivity index (χ3v) is 5.14. The van der Waals surface area contributed by atoms with Crippen molar-refractivity contribution in [2.24, 2.45) is 0 Å². The highest BCUT2D eigenvalue weighted by Crippen LogP contribution is 2.33. The average Bonchev–Trinajstić information content (AvgIpc) is 2.89. The van der Waals surface area contributed by atoms with Gasteiger partial charge in [0.2, 0.25) is 5.91 Å². The van der Waals surface area contributed by atoms with Crippen molar-refractivity contribution in [2.45, 2.75) is 56.9 Å². The maximum absolute atomic E-state index is 13.2. The van der Waals surface area contributed by atoms with Crippen molar-refractivity contribution in [3.63, 3.8) is 0 Å². The summed E-state index contributed by atoms with van der Waals surface area (Å²) in [6.07, 6.45) is -0.860. The van der Waals surface area contributed by atoms with E-state index >= 15 is 0 Å². The van der Waals surface area contributed by atoms with Gasteiger partial charge in [0.1, 0.15) is 0 Å². The van der Waals surface area contributed by atoms with Crippen molar-refractivity contribution < 1.29 is 22.8 Å². The Morgan fingerprint density at radius 2 is 1.74 bits per heavy atom. The first-order valence-electron chi connectivity index (χ1n) is 8.66. The van der Waals surface area contributed by atoms with E-state index in [0.29, 0.717) is 12.1 Å². The highest BCUT2D eigenvalue weighted by atomic mass is 35.5. The molecule has 2 unspecified atom stereocenters. The SMILES string of the molecule is CC(=O)Nc1cc(C(=O)N(C)C2CC3CCC(C2)N3)cc(C(F)(F)F)c1.Cl. The smallest absolute Gasteiger partial charge is 0.339 e. The van der Waals surface area contributed by atoms with E-state index in [0.717, 1.165) is 37.8 Å². The Labute approximate surface area is 162 Å². The maximum Gasteiger partial charge on any atom is 0.416 e. The number of halogens is 4. The maximum atomic E-state index is 13.2. The summed E-state index contributed by atoms with van der Waals surface area (Å²) >= 11 is 0. The molecule has 150 valence electrons. The largest absolute Gasteiger partial charge is 0.416 e. The number of carbonyl (C=O) groups is 2. The normalized spacial score (nSPS) is 24.1. The number of hydrogen-bond acceptors (Lipinski definition) is 3. The fourth-order valence-corrected chi connectivity index (χ4v) is 3.90. The Morgan fingerprint density at radius 3 is 2.26 bits per heavy atom.